The van der Waals surface area contributed by atoms with Gasteiger partial charge in [0.2, 0.25) is 0 Å². The van der Waals surface area contributed by atoms with Gasteiger partial charge in [0.15, 0.2) is 5.13 Å². The summed E-state index contributed by atoms with van der Waals surface area (Å²) >= 11 is 7.44. The van der Waals surface area contributed by atoms with Crippen molar-refractivity contribution in [2.75, 3.05) is 20.8 Å². The predicted octanol–water partition coefficient (Wildman–Crippen LogP) is 5.50. The van der Waals surface area contributed by atoms with Gasteiger partial charge in [-0.2, -0.15) is 0 Å². The highest BCUT2D eigenvalue weighted by molar-refractivity contribution is 7.14. The number of nitrogens with zero attached hydrogens (tertiary/aromatic N) is 3. The first-order valence-electron chi connectivity index (χ1n) is 11.5. The number of carbonyl (C=O) groups excluding carboxylic acids is 3. The Bertz CT molecular complexity index is 1620. The van der Waals surface area contributed by atoms with Crippen LogP contribution in [0.1, 0.15) is 15.9 Å². The molecule has 0 bridgehead atoms. The van der Waals surface area contributed by atoms with E-state index in [0.717, 1.165) is 10.5 Å². The number of thiazole rings is 1. The Hall–Kier alpha value is -4.55. The Kier molecular flexibility index (Phi) is 7.13. The number of aromatic nitrogens is 1. The molecule has 3 aromatic carbocycles. The third-order valence-electron chi connectivity index (χ3n) is 5.82. The van der Waals surface area contributed by atoms with Gasteiger partial charge < -0.3 is 15.8 Å². The van der Waals surface area contributed by atoms with Gasteiger partial charge in [-0.3, -0.25) is 24.9 Å². The molecule has 196 valence electrons. The second-order valence-corrected chi connectivity index (χ2v) is 9.72. The topological polar surface area (TPSA) is 138 Å². The molecule has 2 heterocycles. The van der Waals surface area contributed by atoms with Crippen LogP contribution in [-0.2, 0) is 9.59 Å². The lowest BCUT2D eigenvalue weighted by atomic mass is 10.1. The van der Waals surface area contributed by atoms with Crippen LogP contribution in [0.15, 0.2) is 88.9 Å². The Morgan fingerprint density at radius 2 is 1.77 bits per heavy atom. The molecule has 3 amide bonds. The van der Waals surface area contributed by atoms with Crippen LogP contribution in [0.5, 0.6) is 0 Å². The van der Waals surface area contributed by atoms with Gasteiger partial charge in [-0.1, -0.05) is 47.5 Å². The molecule has 0 atom stereocenters. The van der Waals surface area contributed by atoms with Crippen LogP contribution in [0, 0.1) is 12.1 Å². The maximum atomic E-state index is 13.0. The number of halogens is 1. The van der Waals surface area contributed by atoms with Crippen LogP contribution in [0.3, 0.4) is 0 Å². The molecule has 0 fully saturated rings. The summed E-state index contributed by atoms with van der Waals surface area (Å²) in [4.78, 5) is 44.0. The molecule has 0 unspecified atom stereocenters. The summed E-state index contributed by atoms with van der Waals surface area (Å²) in [6, 6.07) is 19.4. The molecule has 1 aromatic heterocycles. The van der Waals surface area contributed by atoms with Crippen LogP contribution in [-0.4, -0.2) is 27.9 Å². The maximum Gasteiger partial charge on any atom is 0.283 e. The van der Waals surface area contributed by atoms with E-state index in [1.807, 2.05) is 6.92 Å². The number of carbonyl (C=O) groups is 3. The van der Waals surface area contributed by atoms with E-state index in [9.17, 15) is 19.6 Å². The number of imide groups is 1. The van der Waals surface area contributed by atoms with Crippen molar-refractivity contribution in [2.45, 2.75) is 6.92 Å². The van der Waals surface area contributed by atoms with Crippen LogP contribution in [0.4, 0.5) is 22.2 Å². The Balaban J connectivity index is 1.29. The van der Waals surface area contributed by atoms with Crippen molar-refractivity contribution < 1.29 is 19.6 Å². The second kappa shape index (κ2) is 10.7. The van der Waals surface area contributed by atoms with Gasteiger partial charge in [0.25, 0.3) is 17.7 Å². The molecular formula is C27H19ClN5O5S-. The number of aryl methyl sites for hydroxylation is 1. The average molecular weight is 561 g/mol. The Morgan fingerprint density at radius 1 is 1.05 bits per heavy atom. The maximum absolute atomic E-state index is 13.0. The highest BCUT2D eigenvalue weighted by atomic mass is 35.5. The fourth-order valence-corrected chi connectivity index (χ4v) is 4.74. The summed E-state index contributed by atoms with van der Waals surface area (Å²) in [6.45, 7) is 1.90. The van der Waals surface area contributed by atoms with Gasteiger partial charge in [-0.25, -0.2) is 9.88 Å². The number of hydrogen-bond donors (Lipinski definition) is 3. The number of nitrogens with one attached hydrogen (secondary N) is 2. The fourth-order valence-electron chi connectivity index (χ4n) is 3.81. The molecule has 0 radical (unpaired) electrons. The molecule has 0 spiro atoms. The number of benzene rings is 3. The molecule has 0 saturated heterocycles. The average Bonchev–Trinajstić information content (AvgIpc) is 3.48. The molecule has 1 aliphatic rings. The number of rotatable bonds is 7. The molecule has 1 aliphatic heterocycles. The molecule has 10 nitrogen and oxygen atoms in total. The first-order chi connectivity index (χ1) is 18.7. The van der Waals surface area contributed by atoms with E-state index < -0.39 is 17.7 Å². The second-order valence-electron chi connectivity index (χ2n) is 8.49. The molecule has 0 saturated carbocycles. The summed E-state index contributed by atoms with van der Waals surface area (Å²) < 4.78 is 0. The smallest absolute Gasteiger partial charge is 0.283 e. The van der Waals surface area contributed by atoms with E-state index in [1.54, 1.807) is 60.0 Å². The van der Waals surface area contributed by atoms with Crippen molar-refractivity contribution in [2.24, 2.45) is 0 Å². The van der Waals surface area contributed by atoms with Crippen LogP contribution in [0.25, 0.3) is 11.3 Å². The number of amides is 3. The predicted molar refractivity (Wildman–Crippen MR) is 150 cm³/mol. The lowest BCUT2D eigenvalue weighted by Gasteiger charge is -2.21. The van der Waals surface area contributed by atoms with Gasteiger partial charge in [-0.05, 0) is 49.4 Å². The highest BCUT2D eigenvalue weighted by Crippen LogP contribution is 2.31. The lowest BCUT2D eigenvalue weighted by Crippen LogP contribution is -2.32. The number of hydrogen-bond acceptors (Lipinski definition) is 9. The van der Waals surface area contributed by atoms with Gasteiger partial charge in [-0.15, -0.1) is 11.3 Å². The fraction of sp³-hybridized carbons (Fsp3) is 0.0370. The van der Waals surface area contributed by atoms with Gasteiger partial charge in [0.05, 0.1) is 17.1 Å². The normalized spacial score (nSPS) is 13.2. The lowest BCUT2D eigenvalue weighted by molar-refractivity contribution is -0.120. The Morgan fingerprint density at radius 3 is 2.46 bits per heavy atom. The van der Waals surface area contributed by atoms with Crippen molar-refractivity contribution in [1.82, 2.24) is 4.98 Å². The first kappa shape index (κ1) is 26.1. The first-order valence-corrected chi connectivity index (χ1v) is 12.7. The van der Waals surface area contributed by atoms with Gasteiger partial charge >= 0.3 is 0 Å². The minimum Gasteiger partial charge on any atom is -0.733 e. The standard InChI is InChI=1S/C27H19ClN5O5S/c1-15-5-9-19(10-6-15)32-25(35)22(28)23(26(32)36)29-18-4-2-3-17(13-18)24(34)31-27-30-21(14-39-27)16-7-11-20(12-8-16)33(37)38/h2-14,29,37H,1H3,(H,30,31,34)/q-1. The monoisotopic (exact) mass is 560 g/mol. The third kappa shape index (κ3) is 5.38. The molecule has 3 N–H and O–H groups in total. The van der Waals surface area contributed by atoms with Crippen molar-refractivity contribution in [3.63, 3.8) is 0 Å². The van der Waals surface area contributed by atoms with E-state index in [2.05, 4.69) is 15.6 Å². The van der Waals surface area contributed by atoms with E-state index >= 15 is 0 Å². The highest BCUT2D eigenvalue weighted by Gasteiger charge is 2.39. The van der Waals surface area contributed by atoms with E-state index in [0.29, 0.717) is 27.8 Å². The summed E-state index contributed by atoms with van der Waals surface area (Å²) in [5.41, 5.74) is 3.32. The molecule has 0 aliphatic carbocycles. The van der Waals surface area contributed by atoms with E-state index in [-0.39, 0.29) is 27.2 Å². The SMILES string of the molecule is Cc1ccc(N2C(=O)C(Cl)=C(Nc3cccc(C(=O)Nc4nc(-c5ccc(N([O-])O)cc5)cs4)c3)C2=O)cc1. The van der Waals surface area contributed by atoms with Crippen LogP contribution >= 0.6 is 22.9 Å². The molecule has 12 heteroatoms. The molecular weight excluding hydrogens is 542 g/mol. The van der Waals surface area contributed by atoms with Gasteiger partial charge in [0.1, 0.15) is 10.7 Å². The summed E-state index contributed by atoms with van der Waals surface area (Å²) in [5, 5.41) is 27.2. The minimum absolute atomic E-state index is 0.0829. The summed E-state index contributed by atoms with van der Waals surface area (Å²) in [5.74, 6) is -1.68. The Labute approximate surface area is 231 Å². The van der Waals surface area contributed by atoms with E-state index in [1.165, 1.54) is 29.5 Å². The van der Waals surface area contributed by atoms with Crippen LogP contribution in [0.2, 0.25) is 0 Å². The minimum atomic E-state index is -0.641. The number of anilines is 4. The van der Waals surface area contributed by atoms with Gasteiger partial charge in [0, 0.05) is 22.2 Å². The zero-order valence-corrected chi connectivity index (χ0v) is 21.8. The summed E-state index contributed by atoms with van der Waals surface area (Å²) in [6.07, 6.45) is 0. The van der Waals surface area contributed by atoms with Crippen molar-refractivity contribution >= 4 is 62.9 Å². The molecule has 5 rings (SSSR count). The van der Waals surface area contributed by atoms with E-state index in [4.69, 9.17) is 16.8 Å². The molecule has 4 aromatic rings. The van der Waals surface area contributed by atoms with Crippen molar-refractivity contribution in [1.29, 1.82) is 0 Å². The van der Waals surface area contributed by atoms with Crippen molar-refractivity contribution in [3.05, 3.63) is 105 Å². The largest absolute Gasteiger partial charge is 0.733 e. The summed E-state index contributed by atoms with van der Waals surface area (Å²) in [7, 11) is 0. The third-order valence-corrected chi connectivity index (χ3v) is 6.93. The van der Waals surface area contributed by atoms with Crippen LogP contribution < -0.4 is 20.8 Å². The quantitative estimate of drug-likeness (QED) is 0.199. The zero-order valence-electron chi connectivity index (χ0n) is 20.2. The van der Waals surface area contributed by atoms with Crippen molar-refractivity contribution in [3.8, 4) is 11.3 Å². The zero-order chi connectivity index (χ0) is 27.7. The molecule has 39 heavy (non-hydrogen) atoms.